The lowest BCUT2D eigenvalue weighted by molar-refractivity contribution is -0.250. The number of hydrogen-bond donors (Lipinski definition) is 3. The Hall–Kier alpha value is -0.650. The summed E-state index contributed by atoms with van der Waals surface area (Å²) in [5.74, 6) is 1.14. The molecule has 0 unspecified atom stereocenters. The molecule has 158 valence electrons. The molecule has 1 saturated heterocycles. The summed E-state index contributed by atoms with van der Waals surface area (Å²) in [7, 11) is 0. The van der Waals surface area contributed by atoms with Gasteiger partial charge in [0, 0.05) is 11.3 Å². The van der Waals surface area contributed by atoms with Gasteiger partial charge in [0.1, 0.15) is 0 Å². The largest absolute Gasteiger partial charge is 0.465 e. The summed E-state index contributed by atoms with van der Waals surface area (Å²) in [4.78, 5) is 11.7. The molecule has 0 spiro atoms. The predicted octanol–water partition coefficient (Wildman–Crippen LogP) is 2.66. The van der Waals surface area contributed by atoms with Gasteiger partial charge in [-0.1, -0.05) is 13.8 Å². The van der Waals surface area contributed by atoms with E-state index in [1.54, 1.807) is 0 Å². The summed E-state index contributed by atoms with van der Waals surface area (Å²) < 4.78 is 5.25. The van der Waals surface area contributed by atoms with Crippen molar-refractivity contribution >= 4 is 5.97 Å². The van der Waals surface area contributed by atoms with Crippen LogP contribution in [0, 0.1) is 40.4 Å². The third-order valence-corrected chi connectivity index (χ3v) is 10.4. The van der Waals surface area contributed by atoms with Crippen molar-refractivity contribution in [1.29, 1.82) is 0 Å². The molecule has 10 atom stereocenters. The van der Waals surface area contributed by atoms with Crippen LogP contribution in [-0.2, 0) is 9.53 Å². The number of hydrogen-bond acceptors (Lipinski definition) is 5. The zero-order valence-corrected chi connectivity index (χ0v) is 17.3. The lowest BCUT2D eigenvalue weighted by Gasteiger charge is -2.65. The first kappa shape index (κ1) is 19.3. The van der Waals surface area contributed by atoms with E-state index >= 15 is 0 Å². The minimum absolute atomic E-state index is 0.102. The molecule has 5 aliphatic rings. The van der Waals surface area contributed by atoms with E-state index in [2.05, 4.69) is 13.8 Å². The first-order valence-electron chi connectivity index (χ1n) is 11.4. The van der Waals surface area contributed by atoms with Crippen LogP contribution < -0.4 is 0 Å². The Balaban J connectivity index is 1.48. The Morgan fingerprint density at radius 3 is 2.46 bits per heavy atom. The van der Waals surface area contributed by atoms with E-state index in [1.165, 1.54) is 0 Å². The predicted molar refractivity (Wildman–Crippen MR) is 103 cm³/mol. The highest BCUT2D eigenvalue weighted by molar-refractivity contribution is 5.71. The molecule has 0 aromatic rings. The molecule has 28 heavy (non-hydrogen) atoms. The summed E-state index contributed by atoms with van der Waals surface area (Å²) in [5.41, 5.74) is -1.33. The lowest BCUT2D eigenvalue weighted by Crippen LogP contribution is -2.67. The highest BCUT2D eigenvalue weighted by Crippen LogP contribution is 2.70. The van der Waals surface area contributed by atoms with Crippen LogP contribution in [0.2, 0.25) is 0 Å². The summed E-state index contributed by atoms with van der Waals surface area (Å²) in [6.07, 6.45) is 6.78. The van der Waals surface area contributed by atoms with E-state index in [-0.39, 0.29) is 35.2 Å². The van der Waals surface area contributed by atoms with Gasteiger partial charge < -0.3 is 20.1 Å². The Labute approximate surface area is 167 Å². The van der Waals surface area contributed by atoms with E-state index in [1.807, 2.05) is 0 Å². The average Bonchev–Trinajstić information content (AvgIpc) is 3.19. The van der Waals surface area contributed by atoms with Crippen LogP contribution in [0.1, 0.15) is 71.6 Å². The second-order valence-corrected chi connectivity index (χ2v) is 11.2. The number of esters is 1. The highest BCUT2D eigenvalue weighted by atomic mass is 16.5. The van der Waals surface area contributed by atoms with Crippen molar-refractivity contribution in [2.75, 3.05) is 6.61 Å². The van der Waals surface area contributed by atoms with Crippen LogP contribution in [0.25, 0.3) is 0 Å². The molecule has 0 aromatic carbocycles. The van der Waals surface area contributed by atoms with Gasteiger partial charge in [-0.25, -0.2) is 0 Å². The second-order valence-electron chi connectivity index (χ2n) is 11.2. The molecule has 5 rings (SSSR count). The van der Waals surface area contributed by atoms with Crippen molar-refractivity contribution in [2.45, 2.75) is 89.4 Å². The van der Waals surface area contributed by atoms with Gasteiger partial charge in [-0.2, -0.15) is 0 Å². The molecule has 4 saturated carbocycles. The fraction of sp³-hybridized carbons (Fsp3) is 0.957. The Morgan fingerprint density at radius 2 is 1.75 bits per heavy atom. The molecule has 5 heteroatoms. The van der Waals surface area contributed by atoms with Crippen molar-refractivity contribution in [2.24, 2.45) is 40.4 Å². The van der Waals surface area contributed by atoms with Crippen LogP contribution in [0.5, 0.6) is 0 Å². The standard InChI is InChI=1S/C23H36O5/c1-21-7-5-15(24)10-14(21)3-4-17-18(21)11-19(25)22(2)16(6-8-23(17,22)27)13-9-20(26)28-12-13/h13-19,24-25,27H,3-12H2,1-2H3/t13-,14+,15-,16+,17+,18-,19+,21-,22-,23-/m0/s1. The minimum Gasteiger partial charge on any atom is -0.465 e. The molecule has 0 amide bonds. The number of ether oxygens (including phenoxy) is 1. The quantitative estimate of drug-likeness (QED) is 0.597. The molecule has 3 N–H and O–H groups in total. The van der Waals surface area contributed by atoms with Gasteiger partial charge in [-0.15, -0.1) is 0 Å². The van der Waals surface area contributed by atoms with Gasteiger partial charge in [-0.05, 0) is 80.5 Å². The molecule has 5 fully saturated rings. The van der Waals surface area contributed by atoms with Crippen LogP contribution in [0.3, 0.4) is 0 Å². The molecule has 0 radical (unpaired) electrons. The minimum atomic E-state index is -0.865. The lowest BCUT2D eigenvalue weighted by atomic mass is 9.42. The van der Waals surface area contributed by atoms with E-state index < -0.39 is 17.1 Å². The normalized spacial score (nSPS) is 58.6. The van der Waals surface area contributed by atoms with E-state index in [4.69, 9.17) is 4.74 Å². The number of aliphatic hydroxyl groups is 3. The van der Waals surface area contributed by atoms with Gasteiger partial charge in [0.15, 0.2) is 0 Å². The fourth-order valence-corrected chi connectivity index (χ4v) is 8.77. The Kier molecular flexibility index (Phi) is 4.26. The highest BCUT2D eigenvalue weighted by Gasteiger charge is 2.71. The molecule has 1 aliphatic heterocycles. The van der Waals surface area contributed by atoms with Gasteiger partial charge in [0.2, 0.25) is 0 Å². The van der Waals surface area contributed by atoms with Gasteiger partial charge in [0.05, 0.1) is 30.8 Å². The zero-order valence-electron chi connectivity index (χ0n) is 17.3. The molecular formula is C23H36O5. The van der Waals surface area contributed by atoms with Crippen LogP contribution in [-0.4, -0.2) is 45.7 Å². The SMILES string of the molecule is C[C@]12CC[C@H](O)C[C@H]1CC[C@@H]1[C@@H]2C[C@@H](O)[C@]2(C)[C@@H]([C@@H]3COC(=O)C3)CC[C@]12O. The maximum Gasteiger partial charge on any atom is 0.306 e. The molecule has 0 aromatic heterocycles. The molecule has 1 heterocycles. The number of cyclic esters (lactones) is 1. The topological polar surface area (TPSA) is 87.0 Å². The van der Waals surface area contributed by atoms with Crippen molar-refractivity contribution in [3.05, 3.63) is 0 Å². The van der Waals surface area contributed by atoms with Crippen molar-refractivity contribution in [1.82, 2.24) is 0 Å². The van der Waals surface area contributed by atoms with E-state index in [0.29, 0.717) is 24.9 Å². The van der Waals surface area contributed by atoms with E-state index in [9.17, 15) is 20.1 Å². The van der Waals surface area contributed by atoms with Gasteiger partial charge >= 0.3 is 5.97 Å². The van der Waals surface area contributed by atoms with Crippen LogP contribution in [0.4, 0.5) is 0 Å². The second kappa shape index (κ2) is 6.18. The Bertz CT molecular complexity index is 665. The van der Waals surface area contributed by atoms with Gasteiger partial charge in [0.25, 0.3) is 0 Å². The van der Waals surface area contributed by atoms with Gasteiger partial charge in [-0.3, -0.25) is 4.79 Å². The number of carbonyl (C=O) groups is 1. The molecule has 0 bridgehead atoms. The monoisotopic (exact) mass is 392 g/mol. The maximum absolute atomic E-state index is 12.2. The number of fused-ring (bicyclic) bond motifs is 5. The molecular weight excluding hydrogens is 356 g/mol. The summed E-state index contributed by atoms with van der Waals surface area (Å²) in [6, 6.07) is 0. The van der Waals surface area contributed by atoms with Crippen molar-refractivity contribution < 1.29 is 24.9 Å². The fourth-order valence-electron chi connectivity index (χ4n) is 8.77. The number of carbonyl (C=O) groups excluding carboxylic acids is 1. The average molecular weight is 393 g/mol. The first-order chi connectivity index (χ1) is 13.2. The van der Waals surface area contributed by atoms with Crippen LogP contribution in [0.15, 0.2) is 0 Å². The number of rotatable bonds is 1. The van der Waals surface area contributed by atoms with E-state index in [0.717, 1.165) is 51.4 Å². The summed E-state index contributed by atoms with van der Waals surface area (Å²) >= 11 is 0. The summed E-state index contributed by atoms with van der Waals surface area (Å²) in [6.45, 7) is 4.89. The summed E-state index contributed by atoms with van der Waals surface area (Å²) in [5, 5.41) is 33.8. The third kappa shape index (κ3) is 2.33. The first-order valence-corrected chi connectivity index (χ1v) is 11.4. The molecule has 5 nitrogen and oxygen atoms in total. The zero-order chi connectivity index (χ0) is 19.9. The smallest absolute Gasteiger partial charge is 0.306 e. The van der Waals surface area contributed by atoms with Crippen molar-refractivity contribution in [3.8, 4) is 0 Å². The number of aliphatic hydroxyl groups excluding tert-OH is 2. The Morgan fingerprint density at radius 1 is 0.964 bits per heavy atom. The third-order valence-electron chi connectivity index (χ3n) is 10.4. The van der Waals surface area contributed by atoms with Crippen molar-refractivity contribution in [3.63, 3.8) is 0 Å². The molecule has 4 aliphatic carbocycles. The maximum atomic E-state index is 12.2. The van der Waals surface area contributed by atoms with Crippen LogP contribution >= 0.6 is 0 Å².